The quantitative estimate of drug-likeness (QED) is 0.126. The van der Waals surface area contributed by atoms with E-state index in [0.717, 1.165) is 110 Å². The van der Waals surface area contributed by atoms with Crippen LogP contribution >= 0.6 is 0 Å². The second kappa shape index (κ2) is 20.0. The van der Waals surface area contributed by atoms with Crippen LogP contribution in [0, 0.1) is 20.8 Å². The number of nitrogens with one attached hydrogen (secondary N) is 3. The summed E-state index contributed by atoms with van der Waals surface area (Å²) in [5.74, 6) is -3.16. The summed E-state index contributed by atoms with van der Waals surface area (Å²) in [7, 11) is 0. The molecule has 1 fully saturated rings. The Morgan fingerprint density at radius 3 is 1.12 bits per heavy atom. The SMILES string of the molecule is Cc1ccc(-c2c3nc(c(-c4ccc(C)cc4)c4ccc([nH]4)c(-c4ccc(NC(=O)CN5C(=O)c6ccc7c8c(ccc(c68)C5=O)C(=O)N(C5CC(C)(C)N([O])C(C)(C)C5)C7=O)cc4)c4nc(c(-c5ccc(C)cc5)c5ccc2[nH]5)C=C4)C=C3)cc1. The van der Waals surface area contributed by atoms with Crippen LogP contribution in [0.5, 0.6) is 0 Å². The third-order valence-electron chi connectivity index (χ3n) is 17.5. The summed E-state index contributed by atoms with van der Waals surface area (Å²) in [5, 5.41) is 17.6. The number of imide groups is 2. The summed E-state index contributed by atoms with van der Waals surface area (Å²) in [4.78, 5) is 92.2. The van der Waals surface area contributed by atoms with Gasteiger partial charge in [0.05, 0.1) is 22.8 Å². The Hall–Kier alpha value is -10.2. The lowest BCUT2D eigenvalue weighted by molar-refractivity contribution is -0.292. The standard InChI is InChI=1S/C72H59N8O6/c1-39-8-14-42(15-9-39)61-52-28-30-54(74-52)62(43-16-10-40(2)11-17-43)56-32-34-58(76-56)64(59-35-33-57(77-59)63(55-31-29-53(61)75-55)44-18-12-41(3)13-19-44)45-20-22-46(23-21-45)73-60(81)38-78-67(82)48-24-26-50-66-51(27-25-49(65(48)66)68(78)83)70(85)79(69(50)84)47-36-71(4,5)80(86)72(6,7)37-47/h8-35,47,74,77H,36-38H2,1-7H3,(H,73,81). The maximum absolute atomic E-state index is 14.4. The number of hydrogen-bond acceptors (Lipinski definition) is 8. The number of aromatic amines is 2. The summed E-state index contributed by atoms with van der Waals surface area (Å²) in [6, 6.07) is 46.6. The normalized spacial score (nSPS) is 16.2. The number of hydroxylamine groups is 2. The first-order valence-electron chi connectivity index (χ1n) is 28.9. The van der Waals surface area contributed by atoms with Gasteiger partial charge in [-0.05, 0) is 169 Å². The number of carbonyl (C=O) groups excluding carboxylic acids is 5. The van der Waals surface area contributed by atoms with Gasteiger partial charge < -0.3 is 15.3 Å². The number of piperidine rings is 1. The molecule has 1 radical (unpaired) electrons. The predicted molar refractivity (Wildman–Crippen MR) is 337 cm³/mol. The number of benzene rings is 6. The number of rotatable bonds is 8. The molecule has 86 heavy (non-hydrogen) atoms. The monoisotopic (exact) mass is 1130 g/mol. The second-order valence-electron chi connectivity index (χ2n) is 24.5. The fourth-order valence-corrected chi connectivity index (χ4v) is 13.5. The van der Waals surface area contributed by atoms with Crippen LogP contribution in [0.1, 0.15) is 121 Å². The summed E-state index contributed by atoms with van der Waals surface area (Å²) >= 11 is 0. The molecular weight excluding hydrogens is 1070 g/mol. The summed E-state index contributed by atoms with van der Waals surface area (Å²) in [6.07, 6.45) is 8.80. The van der Waals surface area contributed by atoms with Gasteiger partial charge in [-0.2, -0.15) is 0 Å². The highest BCUT2D eigenvalue weighted by Gasteiger charge is 2.51. The fraction of sp³-hybridized carbons (Fsp3) is 0.181. The van der Waals surface area contributed by atoms with E-state index >= 15 is 0 Å². The molecule has 6 aromatic carbocycles. The van der Waals surface area contributed by atoms with E-state index in [1.54, 1.807) is 39.8 Å². The van der Waals surface area contributed by atoms with Gasteiger partial charge in [-0.25, -0.2) is 9.97 Å². The minimum atomic E-state index is -0.850. The van der Waals surface area contributed by atoms with Crippen LogP contribution in [0.4, 0.5) is 5.69 Å². The van der Waals surface area contributed by atoms with Gasteiger partial charge in [0, 0.05) is 100 Å². The molecule has 0 aliphatic carbocycles. The van der Waals surface area contributed by atoms with Gasteiger partial charge in [-0.15, -0.1) is 10.3 Å². The molecule has 5 amide bonds. The second-order valence-corrected chi connectivity index (χ2v) is 24.5. The maximum atomic E-state index is 14.4. The molecular formula is C72H59N8O6. The zero-order chi connectivity index (χ0) is 59.7. The highest BCUT2D eigenvalue weighted by molar-refractivity contribution is 6.33. The molecule has 14 heteroatoms. The van der Waals surface area contributed by atoms with Crippen molar-refractivity contribution in [3.63, 3.8) is 0 Å². The zero-order valence-electron chi connectivity index (χ0n) is 48.6. The minimum absolute atomic E-state index is 0.0997. The Labute approximate surface area is 496 Å². The van der Waals surface area contributed by atoms with E-state index in [1.165, 1.54) is 29.2 Å². The molecule has 3 N–H and O–H groups in total. The lowest BCUT2D eigenvalue weighted by Gasteiger charge is -2.52. The molecule has 8 heterocycles. The van der Waals surface area contributed by atoms with Crippen molar-refractivity contribution in [3.05, 3.63) is 207 Å². The zero-order valence-corrected chi connectivity index (χ0v) is 48.6. The fourth-order valence-electron chi connectivity index (χ4n) is 13.5. The van der Waals surface area contributed by atoms with Crippen molar-refractivity contribution in [2.45, 2.75) is 78.4 Å². The number of nitrogens with zero attached hydrogens (tertiary/aromatic N) is 5. The Kier molecular flexibility index (Phi) is 12.5. The van der Waals surface area contributed by atoms with E-state index in [9.17, 15) is 29.2 Å². The maximum Gasteiger partial charge on any atom is 0.261 e. The first-order valence-corrected chi connectivity index (χ1v) is 28.9. The Morgan fingerprint density at radius 2 is 0.779 bits per heavy atom. The van der Waals surface area contributed by atoms with Crippen molar-refractivity contribution in [3.8, 4) is 44.5 Å². The number of aromatic nitrogens is 4. The molecule has 0 saturated carbocycles. The predicted octanol–water partition coefficient (Wildman–Crippen LogP) is 14.6. The average molecular weight is 1130 g/mol. The first kappa shape index (κ1) is 53.8. The van der Waals surface area contributed by atoms with Gasteiger partial charge in [0.25, 0.3) is 23.6 Å². The minimum Gasteiger partial charge on any atom is -0.354 e. The van der Waals surface area contributed by atoms with Crippen molar-refractivity contribution in [2.75, 3.05) is 11.9 Å². The van der Waals surface area contributed by atoms with Crippen LogP contribution in [0.2, 0.25) is 0 Å². The third kappa shape index (κ3) is 8.90. The highest BCUT2D eigenvalue weighted by atomic mass is 16.5. The molecule has 5 aliphatic rings. The molecule has 1 saturated heterocycles. The van der Waals surface area contributed by atoms with Crippen LogP contribution in [-0.4, -0.2) is 88.0 Å². The van der Waals surface area contributed by atoms with Crippen LogP contribution in [0.3, 0.4) is 0 Å². The topological polar surface area (TPSA) is 184 Å². The number of hydrogen-bond donors (Lipinski definition) is 3. The number of anilines is 1. The molecule has 0 unspecified atom stereocenters. The highest BCUT2D eigenvalue weighted by Crippen LogP contribution is 2.45. The lowest BCUT2D eigenvalue weighted by Crippen LogP contribution is -2.64. The van der Waals surface area contributed by atoms with Crippen molar-refractivity contribution in [1.82, 2.24) is 34.8 Å². The number of aryl methyl sites for hydroxylation is 3. The van der Waals surface area contributed by atoms with Gasteiger partial charge in [0.1, 0.15) is 6.54 Å². The van der Waals surface area contributed by atoms with E-state index in [0.29, 0.717) is 11.4 Å². The molecule has 0 spiro atoms. The van der Waals surface area contributed by atoms with Gasteiger partial charge >= 0.3 is 0 Å². The van der Waals surface area contributed by atoms with E-state index in [2.05, 4.69) is 145 Å². The van der Waals surface area contributed by atoms with Gasteiger partial charge in [0.15, 0.2) is 0 Å². The lowest BCUT2D eigenvalue weighted by atomic mass is 9.77. The molecule has 3 aromatic heterocycles. The smallest absolute Gasteiger partial charge is 0.261 e. The summed E-state index contributed by atoms with van der Waals surface area (Å²) in [5.41, 5.74) is 16.6. The van der Waals surface area contributed by atoms with Crippen LogP contribution in [-0.2, 0) is 10.0 Å². The van der Waals surface area contributed by atoms with Crippen molar-refractivity contribution < 1.29 is 29.2 Å². The van der Waals surface area contributed by atoms with E-state index < -0.39 is 53.2 Å². The Balaban J connectivity index is 0.823. The van der Waals surface area contributed by atoms with Gasteiger partial charge in [-0.1, -0.05) is 102 Å². The Morgan fingerprint density at radius 1 is 0.465 bits per heavy atom. The van der Waals surface area contributed by atoms with Gasteiger partial charge in [-0.3, -0.25) is 33.8 Å². The van der Waals surface area contributed by atoms with E-state index in [1.807, 2.05) is 24.3 Å². The van der Waals surface area contributed by atoms with Gasteiger partial charge in [0.2, 0.25) is 5.91 Å². The van der Waals surface area contributed by atoms with Crippen LogP contribution in [0.25, 0.3) is 102 Å². The molecule has 9 aromatic rings. The molecule has 14 nitrogen and oxygen atoms in total. The first-order chi connectivity index (χ1) is 41.3. The number of fused-ring (bicyclic) bond motifs is 8. The molecule has 5 aliphatic heterocycles. The number of H-pyrrole nitrogens is 2. The number of amides is 5. The van der Waals surface area contributed by atoms with Crippen molar-refractivity contribution in [1.29, 1.82) is 0 Å². The van der Waals surface area contributed by atoms with Crippen LogP contribution in [0.15, 0.2) is 146 Å². The summed E-state index contributed by atoms with van der Waals surface area (Å²) in [6.45, 7) is 12.9. The van der Waals surface area contributed by atoms with E-state index in [-0.39, 0.29) is 45.9 Å². The van der Waals surface area contributed by atoms with Crippen LogP contribution < -0.4 is 5.32 Å². The van der Waals surface area contributed by atoms with Crippen molar-refractivity contribution in [2.24, 2.45) is 0 Å². The third-order valence-corrected chi connectivity index (χ3v) is 17.5. The largest absolute Gasteiger partial charge is 0.354 e. The Bertz CT molecular complexity index is 4550. The molecule has 14 rings (SSSR count). The molecule has 423 valence electrons. The van der Waals surface area contributed by atoms with Crippen molar-refractivity contribution >= 4 is 92.4 Å². The van der Waals surface area contributed by atoms with E-state index in [4.69, 9.17) is 9.97 Å². The average Bonchev–Trinajstić information content (AvgIpc) is 1.10. The summed E-state index contributed by atoms with van der Waals surface area (Å²) < 4.78 is 0. The molecule has 8 bridgehead atoms. The number of carbonyl (C=O) groups is 5. The molecule has 0 atom stereocenters.